The number of carbonyl (C=O) groups is 2. The normalized spacial score (nSPS) is 12.8. The summed E-state index contributed by atoms with van der Waals surface area (Å²) in [6, 6.07) is 6.68. The molecule has 21 heavy (non-hydrogen) atoms. The van der Waals surface area contributed by atoms with Gasteiger partial charge in [-0.25, -0.2) is 0 Å². The molecular formula is C15H20ClNO4. The van der Waals surface area contributed by atoms with Crippen LogP contribution in [0.5, 0.6) is 0 Å². The van der Waals surface area contributed by atoms with Crippen molar-refractivity contribution in [2.45, 2.75) is 32.3 Å². The first-order valence-corrected chi connectivity index (χ1v) is 6.97. The zero-order chi connectivity index (χ0) is 16.0. The van der Waals surface area contributed by atoms with Gasteiger partial charge in [-0.3, -0.25) is 9.59 Å². The summed E-state index contributed by atoms with van der Waals surface area (Å²) in [5.41, 5.74) is 0.0319. The number of benzene rings is 1. The molecule has 0 bridgehead atoms. The number of halogens is 1. The van der Waals surface area contributed by atoms with E-state index in [1.165, 1.54) is 0 Å². The first-order valence-electron chi connectivity index (χ1n) is 6.60. The lowest BCUT2D eigenvalue weighted by Crippen LogP contribution is -2.34. The topological polar surface area (TPSA) is 75.6 Å². The number of carbonyl (C=O) groups excluding carboxylic acids is 1. The Hall–Kier alpha value is -1.59. The molecule has 0 fully saturated rings. The third-order valence-corrected chi connectivity index (χ3v) is 2.82. The minimum Gasteiger partial charge on any atom is -0.481 e. The average Bonchev–Trinajstić information content (AvgIpc) is 2.31. The molecule has 116 valence electrons. The highest BCUT2D eigenvalue weighted by atomic mass is 35.5. The van der Waals surface area contributed by atoms with Gasteiger partial charge in [0, 0.05) is 11.6 Å². The predicted molar refractivity (Wildman–Crippen MR) is 80.5 cm³/mol. The van der Waals surface area contributed by atoms with Gasteiger partial charge in [0.1, 0.15) is 5.60 Å². The van der Waals surface area contributed by atoms with Crippen LogP contribution in [0.1, 0.15) is 32.3 Å². The van der Waals surface area contributed by atoms with E-state index in [1.807, 2.05) is 0 Å². The summed E-state index contributed by atoms with van der Waals surface area (Å²) >= 11 is 5.86. The highest BCUT2D eigenvalue weighted by molar-refractivity contribution is 6.30. The van der Waals surface area contributed by atoms with Crippen LogP contribution in [-0.2, 0) is 14.3 Å². The number of hydrogen-bond acceptors (Lipinski definition) is 4. The Morgan fingerprint density at radius 1 is 1.38 bits per heavy atom. The van der Waals surface area contributed by atoms with Crippen molar-refractivity contribution in [1.29, 1.82) is 0 Å². The number of rotatable bonds is 6. The fourth-order valence-electron chi connectivity index (χ4n) is 1.77. The van der Waals surface area contributed by atoms with Crippen LogP contribution >= 0.6 is 11.6 Å². The van der Waals surface area contributed by atoms with Gasteiger partial charge in [0.2, 0.25) is 0 Å². The average molecular weight is 314 g/mol. The Bertz CT molecular complexity index is 511. The minimum absolute atomic E-state index is 0.0401. The number of hydrogen-bond donors (Lipinski definition) is 2. The van der Waals surface area contributed by atoms with Crippen molar-refractivity contribution in [3.63, 3.8) is 0 Å². The molecule has 0 aliphatic carbocycles. The molecule has 1 unspecified atom stereocenters. The van der Waals surface area contributed by atoms with E-state index in [0.29, 0.717) is 10.6 Å². The molecule has 0 saturated carbocycles. The van der Waals surface area contributed by atoms with Crippen LogP contribution in [0.3, 0.4) is 0 Å². The van der Waals surface area contributed by atoms with Crippen molar-refractivity contribution in [3.8, 4) is 0 Å². The molecule has 0 spiro atoms. The number of nitrogens with one attached hydrogen (secondary N) is 1. The zero-order valence-corrected chi connectivity index (χ0v) is 13.1. The molecule has 0 heterocycles. The molecule has 0 aliphatic heterocycles. The van der Waals surface area contributed by atoms with Crippen molar-refractivity contribution in [2.75, 3.05) is 13.1 Å². The molecule has 5 nitrogen and oxygen atoms in total. The molecule has 2 N–H and O–H groups in total. The largest absolute Gasteiger partial charge is 0.481 e. The summed E-state index contributed by atoms with van der Waals surface area (Å²) in [4.78, 5) is 22.9. The van der Waals surface area contributed by atoms with Crippen LogP contribution in [0.2, 0.25) is 5.02 Å². The molecule has 0 aromatic heterocycles. The minimum atomic E-state index is -0.978. The van der Waals surface area contributed by atoms with Gasteiger partial charge in [-0.2, -0.15) is 0 Å². The molecule has 0 radical (unpaired) electrons. The smallest absolute Gasteiger partial charge is 0.320 e. The van der Waals surface area contributed by atoms with Crippen molar-refractivity contribution >= 4 is 23.5 Å². The standard InChI is InChI=1S/C15H20ClNO4/c1-15(2,3)21-13(18)9-17-8-12(14(19)20)10-5-4-6-11(16)7-10/h4-7,12,17H,8-9H2,1-3H3,(H,19,20). The second-order valence-electron chi connectivity index (χ2n) is 5.66. The van der Waals surface area contributed by atoms with Gasteiger partial charge >= 0.3 is 11.9 Å². The molecular weight excluding hydrogens is 294 g/mol. The second kappa shape index (κ2) is 7.43. The molecule has 0 saturated heterocycles. The lowest BCUT2D eigenvalue weighted by Gasteiger charge is -2.20. The lowest BCUT2D eigenvalue weighted by molar-refractivity contribution is -0.153. The fraction of sp³-hybridized carbons (Fsp3) is 0.467. The summed E-state index contributed by atoms with van der Waals surface area (Å²) < 4.78 is 5.13. The summed E-state index contributed by atoms with van der Waals surface area (Å²) in [5, 5.41) is 12.6. The third kappa shape index (κ3) is 6.60. The molecule has 0 amide bonds. The number of carboxylic acids is 1. The van der Waals surface area contributed by atoms with Crippen molar-refractivity contribution in [1.82, 2.24) is 5.32 Å². The van der Waals surface area contributed by atoms with Crippen molar-refractivity contribution < 1.29 is 19.4 Å². The summed E-state index contributed by atoms with van der Waals surface area (Å²) in [5.74, 6) is -2.17. The molecule has 1 aromatic carbocycles. The van der Waals surface area contributed by atoms with Gasteiger partial charge in [-0.05, 0) is 38.5 Å². The van der Waals surface area contributed by atoms with E-state index in [2.05, 4.69) is 5.32 Å². The van der Waals surface area contributed by atoms with Gasteiger partial charge in [0.25, 0.3) is 0 Å². The molecule has 6 heteroatoms. The summed E-state index contributed by atoms with van der Waals surface area (Å²) in [6.07, 6.45) is 0. The molecule has 0 aliphatic rings. The Morgan fingerprint density at radius 2 is 2.05 bits per heavy atom. The van der Waals surface area contributed by atoms with Gasteiger partial charge < -0.3 is 15.2 Å². The maximum atomic E-state index is 11.5. The van der Waals surface area contributed by atoms with Crippen LogP contribution in [0, 0.1) is 0 Å². The fourth-order valence-corrected chi connectivity index (χ4v) is 1.97. The van der Waals surface area contributed by atoms with Crippen LogP contribution in [0.25, 0.3) is 0 Å². The maximum absolute atomic E-state index is 11.5. The molecule has 1 atom stereocenters. The quantitative estimate of drug-likeness (QED) is 0.789. The highest BCUT2D eigenvalue weighted by Gasteiger charge is 2.21. The molecule has 1 rings (SSSR count). The SMILES string of the molecule is CC(C)(C)OC(=O)CNCC(C(=O)O)c1cccc(Cl)c1. The van der Waals surface area contributed by atoms with Gasteiger partial charge in [-0.15, -0.1) is 0 Å². The van der Waals surface area contributed by atoms with E-state index in [1.54, 1.807) is 45.0 Å². The van der Waals surface area contributed by atoms with E-state index in [4.69, 9.17) is 16.3 Å². The van der Waals surface area contributed by atoms with Crippen molar-refractivity contribution in [2.24, 2.45) is 0 Å². The predicted octanol–water partition coefficient (Wildman–Crippen LogP) is 2.44. The zero-order valence-electron chi connectivity index (χ0n) is 12.4. The van der Waals surface area contributed by atoms with Gasteiger partial charge in [0.05, 0.1) is 12.5 Å². The van der Waals surface area contributed by atoms with Gasteiger partial charge in [-0.1, -0.05) is 23.7 Å². The Balaban J connectivity index is 2.57. The van der Waals surface area contributed by atoms with Crippen LogP contribution < -0.4 is 5.32 Å². The van der Waals surface area contributed by atoms with Gasteiger partial charge in [0.15, 0.2) is 0 Å². The van der Waals surface area contributed by atoms with Crippen molar-refractivity contribution in [3.05, 3.63) is 34.9 Å². The van der Waals surface area contributed by atoms with Crippen LogP contribution in [0.4, 0.5) is 0 Å². The van der Waals surface area contributed by atoms with E-state index in [-0.39, 0.29) is 13.1 Å². The summed E-state index contributed by atoms with van der Waals surface area (Å²) in [6.45, 7) is 5.40. The van der Waals surface area contributed by atoms with E-state index in [9.17, 15) is 14.7 Å². The first kappa shape index (κ1) is 17.5. The molecule has 1 aromatic rings. The van der Waals surface area contributed by atoms with E-state index >= 15 is 0 Å². The number of aliphatic carboxylic acids is 1. The Kier molecular flexibility index (Phi) is 6.18. The Morgan fingerprint density at radius 3 is 2.57 bits per heavy atom. The van der Waals surface area contributed by atoms with Crippen LogP contribution in [0.15, 0.2) is 24.3 Å². The number of ether oxygens (including phenoxy) is 1. The lowest BCUT2D eigenvalue weighted by atomic mass is 9.99. The number of esters is 1. The maximum Gasteiger partial charge on any atom is 0.320 e. The van der Waals surface area contributed by atoms with E-state index < -0.39 is 23.5 Å². The Labute approximate surface area is 129 Å². The highest BCUT2D eigenvalue weighted by Crippen LogP contribution is 2.19. The monoisotopic (exact) mass is 313 g/mol. The summed E-state index contributed by atoms with van der Waals surface area (Å²) in [7, 11) is 0. The first-order chi connectivity index (χ1) is 9.69. The third-order valence-electron chi connectivity index (χ3n) is 2.59. The van der Waals surface area contributed by atoms with Crippen LogP contribution in [-0.4, -0.2) is 35.7 Å². The van der Waals surface area contributed by atoms with E-state index in [0.717, 1.165) is 0 Å². The second-order valence-corrected chi connectivity index (χ2v) is 6.10. The number of carboxylic acid groups (broad SMARTS) is 1.